The molecule has 0 aliphatic heterocycles. The summed E-state index contributed by atoms with van der Waals surface area (Å²) in [6, 6.07) is 9.58. The predicted octanol–water partition coefficient (Wildman–Crippen LogP) is 2.42. The summed E-state index contributed by atoms with van der Waals surface area (Å²) in [5.41, 5.74) is 0.669. The van der Waals surface area contributed by atoms with Crippen LogP contribution in [0.25, 0.3) is 0 Å². The van der Waals surface area contributed by atoms with Gasteiger partial charge in [0, 0.05) is 11.0 Å². The van der Waals surface area contributed by atoms with Gasteiger partial charge in [-0.1, -0.05) is 30.3 Å². The van der Waals surface area contributed by atoms with Crippen molar-refractivity contribution in [3.63, 3.8) is 0 Å². The number of rotatable bonds is 4. The minimum Gasteiger partial charge on any atom is -0.445 e. The van der Waals surface area contributed by atoms with Gasteiger partial charge in [0.05, 0.1) is 0 Å². The predicted molar refractivity (Wildman–Crippen MR) is 69.5 cm³/mol. The Balaban J connectivity index is 1.46. The number of hydrogen-bond acceptors (Lipinski definition) is 3. The van der Waals surface area contributed by atoms with Gasteiger partial charge in [-0.25, -0.2) is 4.79 Å². The van der Waals surface area contributed by atoms with Crippen LogP contribution in [0.15, 0.2) is 30.3 Å². The summed E-state index contributed by atoms with van der Waals surface area (Å²) in [5, 5.41) is 2.90. The van der Waals surface area contributed by atoms with Crippen molar-refractivity contribution in [2.45, 2.75) is 38.3 Å². The molecule has 4 rings (SSSR count). The van der Waals surface area contributed by atoms with Gasteiger partial charge < -0.3 is 10.1 Å². The highest BCUT2D eigenvalue weighted by Crippen LogP contribution is 2.67. The SMILES string of the molecule is CC(=O)C12CC(NC(=O)OCc3ccccc3)(C1)C2. The zero-order chi connectivity index (χ0) is 13.5. The molecule has 1 N–H and O–H groups in total. The number of carbonyl (C=O) groups is 2. The van der Waals surface area contributed by atoms with E-state index in [1.54, 1.807) is 6.92 Å². The Morgan fingerprint density at radius 1 is 1.21 bits per heavy atom. The van der Waals surface area contributed by atoms with Crippen LogP contribution >= 0.6 is 0 Å². The topological polar surface area (TPSA) is 55.4 Å². The van der Waals surface area contributed by atoms with E-state index in [0.717, 1.165) is 24.8 Å². The van der Waals surface area contributed by atoms with Crippen molar-refractivity contribution in [1.29, 1.82) is 0 Å². The van der Waals surface area contributed by atoms with E-state index in [4.69, 9.17) is 4.74 Å². The first kappa shape index (κ1) is 12.2. The van der Waals surface area contributed by atoms with Gasteiger partial charge in [0.1, 0.15) is 12.4 Å². The van der Waals surface area contributed by atoms with Gasteiger partial charge in [-0.15, -0.1) is 0 Å². The lowest BCUT2D eigenvalue weighted by molar-refractivity contribution is -0.174. The van der Waals surface area contributed by atoms with Gasteiger partial charge in [0.25, 0.3) is 0 Å². The van der Waals surface area contributed by atoms with E-state index in [0.29, 0.717) is 0 Å². The fourth-order valence-electron chi connectivity index (χ4n) is 3.27. The van der Waals surface area contributed by atoms with Gasteiger partial charge >= 0.3 is 6.09 Å². The zero-order valence-electron chi connectivity index (χ0n) is 10.9. The van der Waals surface area contributed by atoms with Crippen molar-refractivity contribution >= 4 is 11.9 Å². The number of benzene rings is 1. The third-order valence-corrected chi connectivity index (χ3v) is 4.36. The van der Waals surface area contributed by atoms with Gasteiger partial charge in [-0.2, -0.15) is 0 Å². The van der Waals surface area contributed by atoms with Gasteiger partial charge in [-0.05, 0) is 31.7 Å². The van der Waals surface area contributed by atoms with Crippen LogP contribution in [0.3, 0.4) is 0 Å². The van der Waals surface area contributed by atoms with Crippen molar-refractivity contribution in [2.75, 3.05) is 0 Å². The van der Waals surface area contributed by atoms with E-state index in [9.17, 15) is 9.59 Å². The van der Waals surface area contributed by atoms with Crippen LogP contribution < -0.4 is 5.32 Å². The maximum absolute atomic E-state index is 11.7. The van der Waals surface area contributed by atoms with E-state index in [1.165, 1.54) is 0 Å². The van der Waals surface area contributed by atoms with Crippen molar-refractivity contribution in [3.8, 4) is 0 Å². The quantitative estimate of drug-likeness (QED) is 0.903. The largest absolute Gasteiger partial charge is 0.445 e. The molecule has 19 heavy (non-hydrogen) atoms. The monoisotopic (exact) mass is 259 g/mol. The number of nitrogens with one attached hydrogen (secondary N) is 1. The number of hydrogen-bond donors (Lipinski definition) is 1. The van der Waals surface area contributed by atoms with E-state index >= 15 is 0 Å². The number of amides is 1. The molecule has 3 fully saturated rings. The molecule has 0 heterocycles. The third kappa shape index (κ3) is 2.01. The fraction of sp³-hybridized carbons (Fsp3) is 0.467. The second kappa shape index (κ2) is 4.08. The van der Waals surface area contributed by atoms with Crippen LogP contribution in [0.2, 0.25) is 0 Å². The molecule has 0 atom stereocenters. The highest BCUT2D eigenvalue weighted by atomic mass is 16.5. The van der Waals surface area contributed by atoms with Crippen molar-refractivity contribution < 1.29 is 14.3 Å². The molecule has 100 valence electrons. The second-order valence-corrected chi connectivity index (χ2v) is 5.83. The molecule has 0 radical (unpaired) electrons. The van der Waals surface area contributed by atoms with Crippen LogP contribution in [0, 0.1) is 5.41 Å². The molecule has 0 saturated heterocycles. The number of ether oxygens (including phenoxy) is 1. The van der Waals surface area contributed by atoms with Gasteiger partial charge in [-0.3, -0.25) is 4.79 Å². The molecule has 4 heteroatoms. The van der Waals surface area contributed by atoms with E-state index in [2.05, 4.69) is 5.32 Å². The molecule has 2 bridgehead atoms. The standard InChI is InChI=1S/C15H17NO3/c1-11(17)14-8-15(9-14,10-14)16-13(18)19-7-12-5-3-2-4-6-12/h2-6H,7-10H2,1H3,(H,16,18). The summed E-state index contributed by atoms with van der Waals surface area (Å²) in [7, 11) is 0. The Labute approximate surface area is 112 Å². The Hall–Kier alpha value is -1.84. The molecular formula is C15H17NO3. The van der Waals surface area contributed by atoms with Gasteiger partial charge in [0.15, 0.2) is 0 Å². The molecule has 3 aliphatic rings. The first-order valence-electron chi connectivity index (χ1n) is 6.54. The maximum atomic E-state index is 11.7. The maximum Gasteiger partial charge on any atom is 0.407 e. The van der Waals surface area contributed by atoms with Crippen LogP contribution in [-0.2, 0) is 16.1 Å². The number of ketones is 1. The molecule has 1 amide bonds. The average molecular weight is 259 g/mol. The summed E-state index contributed by atoms with van der Waals surface area (Å²) >= 11 is 0. The highest BCUT2D eigenvalue weighted by Gasteiger charge is 2.71. The number of carbonyl (C=O) groups excluding carboxylic acids is 2. The Bertz CT molecular complexity index is 504. The summed E-state index contributed by atoms with van der Waals surface area (Å²) in [6.45, 7) is 1.91. The van der Waals surface area contributed by atoms with Crippen LogP contribution in [0.1, 0.15) is 31.7 Å². The van der Waals surface area contributed by atoms with E-state index in [1.807, 2.05) is 30.3 Å². The lowest BCUT2D eigenvalue weighted by Crippen LogP contribution is -2.76. The second-order valence-electron chi connectivity index (χ2n) is 5.83. The van der Waals surface area contributed by atoms with Crippen molar-refractivity contribution in [3.05, 3.63) is 35.9 Å². The molecule has 0 aromatic heterocycles. The highest BCUT2D eigenvalue weighted by molar-refractivity contribution is 5.87. The Morgan fingerprint density at radius 3 is 2.42 bits per heavy atom. The minimum absolute atomic E-state index is 0.132. The van der Waals surface area contributed by atoms with Gasteiger partial charge in [0.2, 0.25) is 0 Å². The van der Waals surface area contributed by atoms with Crippen LogP contribution in [-0.4, -0.2) is 17.4 Å². The first-order valence-corrected chi connectivity index (χ1v) is 6.54. The molecule has 0 spiro atoms. The molecular weight excluding hydrogens is 242 g/mol. The van der Waals surface area contributed by atoms with Crippen molar-refractivity contribution in [2.24, 2.45) is 5.41 Å². The molecule has 3 saturated carbocycles. The minimum atomic E-state index is -0.388. The molecule has 1 aromatic rings. The third-order valence-electron chi connectivity index (χ3n) is 4.36. The first-order chi connectivity index (χ1) is 9.04. The molecule has 1 aromatic carbocycles. The summed E-state index contributed by atoms with van der Waals surface area (Å²) in [5.74, 6) is 0.244. The lowest BCUT2D eigenvalue weighted by Gasteiger charge is -2.69. The Kier molecular flexibility index (Phi) is 2.62. The van der Waals surface area contributed by atoms with E-state index < -0.39 is 0 Å². The summed E-state index contributed by atoms with van der Waals surface area (Å²) < 4.78 is 5.18. The van der Waals surface area contributed by atoms with Crippen LogP contribution in [0.5, 0.6) is 0 Å². The van der Waals surface area contributed by atoms with Crippen molar-refractivity contribution in [1.82, 2.24) is 5.32 Å². The molecule has 3 aliphatic carbocycles. The Morgan fingerprint density at radius 2 is 1.84 bits per heavy atom. The summed E-state index contributed by atoms with van der Waals surface area (Å²) in [6.07, 6.45) is 1.93. The molecule has 4 nitrogen and oxygen atoms in total. The molecule has 0 unspecified atom stereocenters. The smallest absolute Gasteiger partial charge is 0.407 e. The summed E-state index contributed by atoms with van der Waals surface area (Å²) in [4.78, 5) is 23.1. The fourth-order valence-corrected chi connectivity index (χ4v) is 3.27. The van der Waals surface area contributed by atoms with E-state index in [-0.39, 0.29) is 29.4 Å². The zero-order valence-corrected chi connectivity index (χ0v) is 10.9. The lowest BCUT2D eigenvalue weighted by atomic mass is 9.38. The normalized spacial score (nSPS) is 30.8. The number of Topliss-reactive ketones (excluding diaryl/α,β-unsaturated/α-hetero) is 1. The average Bonchev–Trinajstić information content (AvgIpc) is 2.30. The van der Waals surface area contributed by atoms with Crippen LogP contribution in [0.4, 0.5) is 4.79 Å². The number of alkyl carbamates (subject to hydrolysis) is 1.